The summed E-state index contributed by atoms with van der Waals surface area (Å²) < 4.78 is 9.58. The lowest BCUT2D eigenvalue weighted by atomic mass is 10.2. The summed E-state index contributed by atoms with van der Waals surface area (Å²) >= 11 is 0. The van der Waals surface area contributed by atoms with Gasteiger partial charge in [-0.15, -0.1) is 12.4 Å². The minimum absolute atomic E-state index is 0. The van der Waals surface area contributed by atoms with Gasteiger partial charge in [0.05, 0.1) is 19.6 Å². The van der Waals surface area contributed by atoms with E-state index in [-0.39, 0.29) is 18.8 Å². The van der Waals surface area contributed by atoms with Gasteiger partial charge >= 0.3 is 11.9 Å². The highest BCUT2D eigenvalue weighted by molar-refractivity contribution is 5.85. The monoisotopic (exact) mass is 253 g/mol. The molecule has 0 spiro atoms. The molecule has 6 heteroatoms. The van der Waals surface area contributed by atoms with Crippen molar-refractivity contribution >= 4 is 24.3 Å². The number of halogens is 1. The lowest BCUT2D eigenvalue weighted by Crippen LogP contribution is -2.35. The van der Waals surface area contributed by atoms with Gasteiger partial charge in [0.2, 0.25) is 0 Å². The van der Waals surface area contributed by atoms with Crippen molar-refractivity contribution in [3.8, 4) is 0 Å². The molecular formula is C10H20ClNO4. The summed E-state index contributed by atoms with van der Waals surface area (Å²) in [5.74, 6) is -1.01. The van der Waals surface area contributed by atoms with Crippen LogP contribution in [0.25, 0.3) is 0 Å². The topological polar surface area (TPSA) is 78.6 Å². The fourth-order valence-corrected chi connectivity index (χ4v) is 0.847. The first-order valence-electron chi connectivity index (χ1n) is 5.19. The van der Waals surface area contributed by atoms with E-state index in [0.717, 1.165) is 12.8 Å². The molecule has 0 fully saturated rings. The number of hydrogen-bond acceptors (Lipinski definition) is 5. The second-order valence-electron chi connectivity index (χ2n) is 3.20. The molecule has 0 aliphatic heterocycles. The molecule has 0 saturated carbocycles. The molecule has 0 aliphatic rings. The maximum Gasteiger partial charge on any atom is 0.323 e. The molecule has 0 saturated heterocycles. The van der Waals surface area contributed by atoms with Gasteiger partial charge < -0.3 is 15.2 Å². The summed E-state index contributed by atoms with van der Waals surface area (Å²) in [6, 6.07) is -0.916. The van der Waals surface area contributed by atoms with E-state index < -0.39 is 18.0 Å². The molecular weight excluding hydrogens is 234 g/mol. The van der Waals surface area contributed by atoms with E-state index in [9.17, 15) is 9.59 Å². The van der Waals surface area contributed by atoms with E-state index in [1.807, 2.05) is 13.8 Å². The first kappa shape index (κ1) is 17.6. The van der Waals surface area contributed by atoms with Crippen molar-refractivity contribution in [3.05, 3.63) is 0 Å². The first-order chi connectivity index (χ1) is 7.11. The van der Waals surface area contributed by atoms with Crippen molar-refractivity contribution in [1.82, 2.24) is 0 Å². The summed E-state index contributed by atoms with van der Waals surface area (Å²) in [4.78, 5) is 22.2. The Balaban J connectivity index is 0. The average Bonchev–Trinajstić information content (AvgIpc) is 2.22. The summed E-state index contributed by atoms with van der Waals surface area (Å²) in [6.07, 6.45) is 1.36. The maximum atomic E-state index is 11.2. The number of rotatable bonds is 7. The number of carbonyl (C=O) groups is 2. The number of hydrogen-bond donors (Lipinski definition) is 1. The lowest BCUT2D eigenvalue weighted by Gasteiger charge is -2.10. The van der Waals surface area contributed by atoms with Crippen LogP contribution in [0, 0.1) is 0 Å². The van der Waals surface area contributed by atoms with Gasteiger partial charge in [-0.05, 0) is 12.8 Å². The van der Waals surface area contributed by atoms with Gasteiger partial charge in [-0.1, -0.05) is 13.8 Å². The lowest BCUT2D eigenvalue weighted by molar-refractivity contribution is -0.151. The van der Waals surface area contributed by atoms with Crippen LogP contribution in [0.5, 0.6) is 0 Å². The normalized spacial score (nSPS) is 11.2. The molecule has 0 radical (unpaired) electrons. The Hall–Kier alpha value is -0.810. The minimum atomic E-state index is -0.916. The van der Waals surface area contributed by atoms with Gasteiger partial charge in [0, 0.05) is 0 Å². The van der Waals surface area contributed by atoms with E-state index in [1.165, 1.54) is 0 Å². The molecule has 0 aromatic carbocycles. The zero-order valence-corrected chi connectivity index (χ0v) is 10.5. The van der Waals surface area contributed by atoms with Crippen molar-refractivity contribution in [2.75, 3.05) is 13.2 Å². The number of esters is 2. The average molecular weight is 254 g/mol. The fraction of sp³-hybridized carbons (Fsp3) is 0.800. The van der Waals surface area contributed by atoms with Gasteiger partial charge in [0.25, 0.3) is 0 Å². The molecule has 0 heterocycles. The third-order valence-electron chi connectivity index (χ3n) is 1.60. The van der Waals surface area contributed by atoms with Gasteiger partial charge in [-0.3, -0.25) is 9.59 Å². The Labute approximate surface area is 102 Å². The highest BCUT2D eigenvalue weighted by Crippen LogP contribution is 1.96. The molecule has 0 unspecified atom stereocenters. The Morgan fingerprint density at radius 3 is 2.12 bits per heavy atom. The third kappa shape index (κ3) is 8.49. The zero-order chi connectivity index (χ0) is 11.7. The SMILES string of the molecule is CCCOC(=O)C[C@H](N)C(=O)OCCC.Cl. The van der Waals surface area contributed by atoms with E-state index in [1.54, 1.807) is 0 Å². The van der Waals surface area contributed by atoms with Crippen LogP contribution in [-0.2, 0) is 19.1 Å². The standard InChI is InChI=1S/C10H19NO4.ClH/c1-3-5-14-9(12)7-8(11)10(13)15-6-4-2;/h8H,3-7,11H2,1-2H3;1H/t8-;/m0./s1. The van der Waals surface area contributed by atoms with E-state index >= 15 is 0 Å². The van der Waals surface area contributed by atoms with E-state index in [0.29, 0.717) is 13.2 Å². The van der Waals surface area contributed by atoms with Gasteiger partial charge in [0.1, 0.15) is 6.04 Å². The van der Waals surface area contributed by atoms with Crippen LogP contribution in [-0.4, -0.2) is 31.2 Å². The highest BCUT2D eigenvalue weighted by atomic mass is 35.5. The van der Waals surface area contributed by atoms with Gasteiger partial charge in [-0.2, -0.15) is 0 Å². The molecule has 0 aromatic rings. The van der Waals surface area contributed by atoms with Crippen LogP contribution in [0.15, 0.2) is 0 Å². The predicted octanol–water partition coefficient (Wildman–Crippen LogP) is 1.03. The van der Waals surface area contributed by atoms with Crippen molar-refractivity contribution in [2.24, 2.45) is 5.73 Å². The van der Waals surface area contributed by atoms with Crippen LogP contribution in [0.1, 0.15) is 33.1 Å². The summed E-state index contributed by atoms with van der Waals surface area (Å²) in [7, 11) is 0. The Bertz CT molecular complexity index is 211. The molecule has 0 aromatic heterocycles. The largest absolute Gasteiger partial charge is 0.466 e. The smallest absolute Gasteiger partial charge is 0.323 e. The summed E-state index contributed by atoms with van der Waals surface area (Å²) in [6.45, 7) is 4.46. The van der Waals surface area contributed by atoms with Crippen LogP contribution in [0.2, 0.25) is 0 Å². The van der Waals surface area contributed by atoms with E-state index in [2.05, 4.69) is 0 Å². The van der Waals surface area contributed by atoms with Crippen molar-refractivity contribution in [1.29, 1.82) is 0 Å². The highest BCUT2D eigenvalue weighted by Gasteiger charge is 2.19. The van der Waals surface area contributed by atoms with E-state index in [4.69, 9.17) is 15.2 Å². The molecule has 1 atom stereocenters. The first-order valence-corrected chi connectivity index (χ1v) is 5.19. The predicted molar refractivity (Wildman–Crippen MR) is 62.3 cm³/mol. The quantitative estimate of drug-likeness (QED) is 0.686. The molecule has 0 rings (SSSR count). The Morgan fingerprint density at radius 2 is 1.62 bits per heavy atom. The van der Waals surface area contributed by atoms with Crippen LogP contribution in [0.4, 0.5) is 0 Å². The Kier molecular flexibility index (Phi) is 11.8. The molecule has 0 amide bonds. The molecule has 5 nitrogen and oxygen atoms in total. The molecule has 96 valence electrons. The van der Waals surface area contributed by atoms with Crippen molar-refractivity contribution in [3.63, 3.8) is 0 Å². The molecule has 16 heavy (non-hydrogen) atoms. The second-order valence-corrected chi connectivity index (χ2v) is 3.20. The van der Waals surface area contributed by atoms with Crippen LogP contribution >= 0.6 is 12.4 Å². The minimum Gasteiger partial charge on any atom is -0.466 e. The number of carbonyl (C=O) groups excluding carboxylic acids is 2. The molecule has 0 bridgehead atoms. The number of ether oxygens (including phenoxy) is 2. The molecule has 0 aliphatic carbocycles. The number of nitrogens with two attached hydrogens (primary N) is 1. The van der Waals surface area contributed by atoms with Gasteiger partial charge in [-0.25, -0.2) is 0 Å². The zero-order valence-electron chi connectivity index (χ0n) is 9.73. The van der Waals surface area contributed by atoms with Crippen molar-refractivity contribution < 1.29 is 19.1 Å². The Morgan fingerprint density at radius 1 is 1.12 bits per heavy atom. The summed E-state index contributed by atoms with van der Waals surface area (Å²) in [5, 5.41) is 0. The molecule has 2 N–H and O–H groups in total. The van der Waals surface area contributed by atoms with Crippen LogP contribution in [0.3, 0.4) is 0 Å². The second kappa shape index (κ2) is 10.7. The van der Waals surface area contributed by atoms with Gasteiger partial charge in [0.15, 0.2) is 0 Å². The fourth-order valence-electron chi connectivity index (χ4n) is 0.847. The summed E-state index contributed by atoms with van der Waals surface area (Å²) in [5.41, 5.74) is 5.46. The van der Waals surface area contributed by atoms with Crippen molar-refractivity contribution in [2.45, 2.75) is 39.2 Å². The van der Waals surface area contributed by atoms with Crippen LogP contribution < -0.4 is 5.73 Å². The maximum absolute atomic E-state index is 11.2. The third-order valence-corrected chi connectivity index (χ3v) is 1.60.